The average Bonchev–Trinajstić information content (AvgIpc) is 2.26. The van der Waals surface area contributed by atoms with Gasteiger partial charge in [-0.05, 0) is 23.8 Å². The molecule has 4 heteroatoms. The molecule has 0 fully saturated rings. The van der Waals surface area contributed by atoms with Crippen molar-refractivity contribution in [3.05, 3.63) is 41.5 Å². The molecule has 2 N–H and O–H groups in total. The van der Waals surface area contributed by atoms with Crippen molar-refractivity contribution in [3.63, 3.8) is 0 Å². The fourth-order valence-corrected chi connectivity index (χ4v) is 0.878. The lowest BCUT2D eigenvalue weighted by molar-refractivity contribution is -0.124. The second-order valence-electron chi connectivity index (χ2n) is 2.54. The highest BCUT2D eigenvalue weighted by molar-refractivity contribution is 5.90. The molecule has 0 aromatic heterocycles. The third-order valence-electron chi connectivity index (χ3n) is 1.58. The SMILES string of the molecule is N#Cc1ccc(/C=C/C(=O)NO)cc1. The minimum Gasteiger partial charge on any atom is -0.288 e. The lowest BCUT2D eigenvalue weighted by Crippen LogP contribution is -2.14. The smallest absolute Gasteiger partial charge is 0.267 e. The Morgan fingerprint density at radius 3 is 2.57 bits per heavy atom. The summed E-state index contributed by atoms with van der Waals surface area (Å²) in [7, 11) is 0. The van der Waals surface area contributed by atoms with Crippen LogP contribution in [0.15, 0.2) is 30.3 Å². The van der Waals surface area contributed by atoms with Crippen LogP contribution in [0.25, 0.3) is 6.08 Å². The zero-order valence-corrected chi connectivity index (χ0v) is 7.27. The van der Waals surface area contributed by atoms with Gasteiger partial charge in [-0.25, -0.2) is 5.48 Å². The van der Waals surface area contributed by atoms with Gasteiger partial charge in [0, 0.05) is 6.08 Å². The Morgan fingerprint density at radius 1 is 1.43 bits per heavy atom. The molecular formula is C10H8N2O2. The Hall–Kier alpha value is -2.12. The predicted molar refractivity (Wildman–Crippen MR) is 50.1 cm³/mol. The van der Waals surface area contributed by atoms with Crippen molar-refractivity contribution in [1.82, 2.24) is 5.48 Å². The topological polar surface area (TPSA) is 73.1 Å². The van der Waals surface area contributed by atoms with Gasteiger partial charge in [-0.2, -0.15) is 5.26 Å². The molecular weight excluding hydrogens is 180 g/mol. The molecule has 0 saturated carbocycles. The summed E-state index contributed by atoms with van der Waals surface area (Å²) in [6.45, 7) is 0. The fraction of sp³-hybridized carbons (Fsp3) is 0. The van der Waals surface area contributed by atoms with Gasteiger partial charge in [0.2, 0.25) is 0 Å². The van der Waals surface area contributed by atoms with E-state index in [1.54, 1.807) is 24.3 Å². The molecule has 1 aromatic carbocycles. The van der Waals surface area contributed by atoms with Crippen LogP contribution in [0.5, 0.6) is 0 Å². The van der Waals surface area contributed by atoms with Crippen molar-refractivity contribution >= 4 is 12.0 Å². The number of carbonyl (C=O) groups is 1. The molecule has 0 heterocycles. The number of hydrogen-bond acceptors (Lipinski definition) is 3. The Labute approximate surface area is 81.1 Å². The number of hydroxylamine groups is 1. The molecule has 0 aliphatic rings. The summed E-state index contributed by atoms with van der Waals surface area (Å²) in [6, 6.07) is 8.70. The molecule has 0 spiro atoms. The summed E-state index contributed by atoms with van der Waals surface area (Å²) in [4.78, 5) is 10.6. The lowest BCUT2D eigenvalue weighted by atomic mass is 10.1. The molecule has 0 saturated heterocycles. The van der Waals surface area contributed by atoms with E-state index in [4.69, 9.17) is 10.5 Å². The molecule has 0 aliphatic carbocycles. The van der Waals surface area contributed by atoms with Crippen LogP contribution >= 0.6 is 0 Å². The number of nitriles is 1. The third kappa shape index (κ3) is 2.73. The predicted octanol–water partition coefficient (Wildman–Crippen LogP) is 1.08. The van der Waals surface area contributed by atoms with Crippen molar-refractivity contribution in [3.8, 4) is 6.07 Å². The Balaban J connectivity index is 2.74. The van der Waals surface area contributed by atoms with Gasteiger partial charge in [-0.1, -0.05) is 12.1 Å². The van der Waals surface area contributed by atoms with Gasteiger partial charge in [-0.3, -0.25) is 10.0 Å². The van der Waals surface area contributed by atoms with Gasteiger partial charge in [-0.15, -0.1) is 0 Å². The number of nitrogens with zero attached hydrogens (tertiary/aromatic N) is 1. The molecule has 14 heavy (non-hydrogen) atoms. The summed E-state index contributed by atoms with van der Waals surface area (Å²) in [5.74, 6) is -0.589. The number of amides is 1. The first-order chi connectivity index (χ1) is 6.76. The van der Waals surface area contributed by atoms with Crippen molar-refractivity contribution in [2.75, 3.05) is 0 Å². The summed E-state index contributed by atoms with van der Waals surface area (Å²) >= 11 is 0. The summed E-state index contributed by atoms with van der Waals surface area (Å²) in [5.41, 5.74) is 2.83. The molecule has 1 rings (SSSR count). The van der Waals surface area contributed by atoms with Crippen molar-refractivity contribution < 1.29 is 10.0 Å². The van der Waals surface area contributed by atoms with Crippen molar-refractivity contribution in [1.29, 1.82) is 5.26 Å². The van der Waals surface area contributed by atoms with Gasteiger partial charge < -0.3 is 0 Å². The number of nitrogens with one attached hydrogen (secondary N) is 1. The van der Waals surface area contributed by atoms with E-state index in [-0.39, 0.29) is 0 Å². The molecule has 1 amide bonds. The molecule has 0 atom stereocenters. The van der Waals surface area contributed by atoms with Crippen LogP contribution in [0.2, 0.25) is 0 Å². The highest BCUT2D eigenvalue weighted by Gasteiger charge is 1.92. The minimum absolute atomic E-state index is 0.564. The summed E-state index contributed by atoms with van der Waals surface area (Å²) in [6.07, 6.45) is 2.73. The van der Waals surface area contributed by atoms with Crippen molar-refractivity contribution in [2.45, 2.75) is 0 Å². The third-order valence-corrected chi connectivity index (χ3v) is 1.58. The van der Waals surface area contributed by atoms with Gasteiger partial charge in [0.05, 0.1) is 11.6 Å². The maximum Gasteiger partial charge on any atom is 0.267 e. The van der Waals surface area contributed by atoms with E-state index in [0.29, 0.717) is 5.56 Å². The summed E-state index contributed by atoms with van der Waals surface area (Å²) < 4.78 is 0. The van der Waals surface area contributed by atoms with Crippen LogP contribution < -0.4 is 5.48 Å². The fourth-order valence-electron chi connectivity index (χ4n) is 0.878. The lowest BCUT2D eigenvalue weighted by Gasteiger charge is -1.92. The zero-order chi connectivity index (χ0) is 10.4. The average molecular weight is 188 g/mol. The molecule has 0 aliphatic heterocycles. The van der Waals surface area contributed by atoms with Crippen LogP contribution in [0, 0.1) is 11.3 Å². The molecule has 70 valence electrons. The second kappa shape index (κ2) is 4.80. The molecule has 4 nitrogen and oxygen atoms in total. The number of carbonyl (C=O) groups excluding carboxylic acids is 1. The standard InChI is InChI=1S/C10H8N2O2/c11-7-9-3-1-8(2-4-9)5-6-10(13)12-14/h1-6,14H,(H,12,13)/b6-5+. The largest absolute Gasteiger partial charge is 0.288 e. The highest BCUT2D eigenvalue weighted by atomic mass is 16.5. The van der Waals surface area contributed by atoms with Gasteiger partial charge in [0.15, 0.2) is 0 Å². The first kappa shape index (κ1) is 9.96. The van der Waals surface area contributed by atoms with E-state index in [2.05, 4.69) is 0 Å². The highest BCUT2D eigenvalue weighted by Crippen LogP contribution is 2.04. The van der Waals surface area contributed by atoms with Crippen LogP contribution in [-0.2, 0) is 4.79 Å². The Bertz CT molecular complexity index is 388. The maximum atomic E-state index is 10.6. The normalized spacial score (nSPS) is 9.71. The van der Waals surface area contributed by atoms with E-state index >= 15 is 0 Å². The molecule has 0 bridgehead atoms. The zero-order valence-electron chi connectivity index (χ0n) is 7.27. The number of hydrogen-bond donors (Lipinski definition) is 2. The van der Waals surface area contributed by atoms with Crippen LogP contribution in [0.1, 0.15) is 11.1 Å². The van der Waals surface area contributed by atoms with E-state index in [0.717, 1.165) is 5.56 Å². The van der Waals surface area contributed by atoms with E-state index in [1.807, 2.05) is 6.07 Å². The number of rotatable bonds is 2. The van der Waals surface area contributed by atoms with E-state index in [1.165, 1.54) is 17.6 Å². The molecule has 0 radical (unpaired) electrons. The second-order valence-corrected chi connectivity index (χ2v) is 2.54. The number of benzene rings is 1. The Kier molecular flexibility index (Phi) is 3.41. The van der Waals surface area contributed by atoms with E-state index in [9.17, 15) is 4.79 Å². The van der Waals surface area contributed by atoms with Gasteiger partial charge >= 0.3 is 0 Å². The van der Waals surface area contributed by atoms with Gasteiger partial charge in [0.1, 0.15) is 0 Å². The maximum absolute atomic E-state index is 10.6. The van der Waals surface area contributed by atoms with Crippen LogP contribution in [0.3, 0.4) is 0 Å². The van der Waals surface area contributed by atoms with Crippen molar-refractivity contribution in [2.24, 2.45) is 0 Å². The minimum atomic E-state index is -0.589. The quantitative estimate of drug-likeness (QED) is 0.414. The molecule has 1 aromatic rings. The monoisotopic (exact) mass is 188 g/mol. The van der Waals surface area contributed by atoms with E-state index < -0.39 is 5.91 Å². The molecule has 0 unspecified atom stereocenters. The first-order valence-corrected chi connectivity index (χ1v) is 3.88. The summed E-state index contributed by atoms with van der Waals surface area (Å²) in [5, 5.41) is 16.7. The van der Waals surface area contributed by atoms with Gasteiger partial charge in [0.25, 0.3) is 5.91 Å². The van der Waals surface area contributed by atoms with Crippen LogP contribution in [-0.4, -0.2) is 11.1 Å². The first-order valence-electron chi connectivity index (χ1n) is 3.88. The Morgan fingerprint density at radius 2 is 2.07 bits per heavy atom. The van der Waals surface area contributed by atoms with Crippen LogP contribution in [0.4, 0.5) is 0 Å².